The van der Waals surface area contributed by atoms with Crippen molar-refractivity contribution < 1.29 is 4.79 Å². The molecule has 0 saturated carbocycles. The van der Waals surface area contributed by atoms with E-state index in [1.807, 2.05) is 13.8 Å². The largest absolute Gasteiger partial charge is 0.298 e. The van der Waals surface area contributed by atoms with Gasteiger partial charge in [0.15, 0.2) is 6.29 Å². The number of halogens is 1. The van der Waals surface area contributed by atoms with Gasteiger partial charge in [-0.25, -0.2) is 0 Å². The van der Waals surface area contributed by atoms with E-state index in [0.29, 0.717) is 10.6 Å². The second-order valence-corrected chi connectivity index (χ2v) is 2.58. The molecule has 0 spiro atoms. The van der Waals surface area contributed by atoms with E-state index in [0.717, 1.165) is 11.9 Å². The van der Waals surface area contributed by atoms with Gasteiger partial charge >= 0.3 is 0 Å². The van der Waals surface area contributed by atoms with Crippen LogP contribution in [0.5, 0.6) is 0 Å². The zero-order chi connectivity index (χ0) is 8.15. The average Bonchev–Trinajstić information content (AvgIpc) is 1.88. The quantitative estimate of drug-likeness (QED) is 0.343. The van der Waals surface area contributed by atoms with Gasteiger partial charge in [-0.15, -0.1) is 0 Å². The molecule has 10 heavy (non-hydrogen) atoms. The summed E-state index contributed by atoms with van der Waals surface area (Å²) < 4.78 is 0. The maximum Gasteiger partial charge on any atom is 0.151 e. The predicted octanol–water partition coefficient (Wildman–Crippen LogP) is 2.66. The first-order valence-corrected chi connectivity index (χ1v) is 3.46. The Bertz CT molecular complexity index is 185. The summed E-state index contributed by atoms with van der Waals surface area (Å²) >= 11 is 5.70. The van der Waals surface area contributed by atoms with E-state index in [4.69, 9.17) is 11.6 Å². The van der Waals surface area contributed by atoms with Gasteiger partial charge in [-0.3, -0.25) is 4.79 Å². The van der Waals surface area contributed by atoms with Crippen LogP contribution in [0.1, 0.15) is 20.8 Å². The lowest BCUT2D eigenvalue weighted by Gasteiger charge is -1.97. The van der Waals surface area contributed by atoms with Gasteiger partial charge in [0.05, 0.1) is 0 Å². The lowest BCUT2D eigenvalue weighted by atomic mass is 10.1. The van der Waals surface area contributed by atoms with Gasteiger partial charge in [-0.1, -0.05) is 23.3 Å². The fourth-order valence-electron chi connectivity index (χ4n) is 0.568. The fourth-order valence-corrected chi connectivity index (χ4v) is 0.802. The molecule has 0 aliphatic rings. The molecule has 0 amide bonds. The van der Waals surface area contributed by atoms with Gasteiger partial charge in [-0.05, 0) is 20.8 Å². The molecule has 1 nitrogen and oxygen atoms in total. The Morgan fingerprint density at radius 1 is 1.40 bits per heavy atom. The van der Waals surface area contributed by atoms with Crippen molar-refractivity contribution in [3.8, 4) is 0 Å². The molecule has 56 valence electrons. The summed E-state index contributed by atoms with van der Waals surface area (Å²) in [5, 5.41) is 0.523. The Morgan fingerprint density at radius 3 is 2.00 bits per heavy atom. The van der Waals surface area contributed by atoms with Gasteiger partial charge < -0.3 is 0 Å². The van der Waals surface area contributed by atoms with Gasteiger partial charge in [0.25, 0.3) is 0 Å². The Balaban J connectivity index is 4.71. The summed E-state index contributed by atoms with van der Waals surface area (Å²) in [6.07, 6.45) is 2.48. The second kappa shape index (κ2) is 4.29. The molecule has 0 aromatic rings. The third-order valence-corrected chi connectivity index (χ3v) is 1.59. The highest BCUT2D eigenvalue weighted by molar-refractivity contribution is 6.34. The van der Waals surface area contributed by atoms with Crippen molar-refractivity contribution in [1.82, 2.24) is 0 Å². The molecule has 0 aliphatic heterocycles. The van der Waals surface area contributed by atoms with E-state index in [-0.39, 0.29) is 0 Å². The van der Waals surface area contributed by atoms with Gasteiger partial charge in [0.1, 0.15) is 0 Å². The summed E-state index contributed by atoms with van der Waals surface area (Å²) in [7, 11) is 0. The van der Waals surface area contributed by atoms with E-state index in [2.05, 4.69) is 0 Å². The minimum absolute atomic E-state index is 0.523. The van der Waals surface area contributed by atoms with Gasteiger partial charge in [0.2, 0.25) is 0 Å². The number of carbonyl (C=O) groups is 1. The number of aldehydes is 1. The average molecular weight is 159 g/mol. The lowest BCUT2D eigenvalue weighted by molar-refractivity contribution is -0.104. The Hall–Kier alpha value is -0.560. The van der Waals surface area contributed by atoms with Crippen molar-refractivity contribution in [3.63, 3.8) is 0 Å². The molecule has 0 N–H and O–H groups in total. The molecule has 0 saturated heterocycles. The Kier molecular flexibility index (Phi) is 4.05. The highest BCUT2D eigenvalue weighted by Crippen LogP contribution is 2.15. The molecule has 0 aromatic carbocycles. The van der Waals surface area contributed by atoms with E-state index < -0.39 is 0 Å². The van der Waals surface area contributed by atoms with Crippen LogP contribution in [0.15, 0.2) is 22.3 Å². The lowest BCUT2D eigenvalue weighted by Crippen LogP contribution is -1.87. The van der Waals surface area contributed by atoms with E-state index in [1.54, 1.807) is 13.0 Å². The van der Waals surface area contributed by atoms with Crippen molar-refractivity contribution >= 4 is 17.9 Å². The number of rotatable bonds is 2. The maximum atomic E-state index is 10.4. The molecule has 0 aliphatic carbocycles. The van der Waals surface area contributed by atoms with Crippen molar-refractivity contribution in [1.29, 1.82) is 0 Å². The van der Waals surface area contributed by atoms with Crippen molar-refractivity contribution in [3.05, 3.63) is 22.3 Å². The molecule has 0 bridgehead atoms. The van der Waals surface area contributed by atoms with Crippen LogP contribution in [0.3, 0.4) is 0 Å². The molecular formula is C8H11ClO. The summed E-state index contributed by atoms with van der Waals surface area (Å²) in [6, 6.07) is 0. The standard InChI is InChI=1S/C8H11ClO/c1-4-8(9)7(5-10)6(2)3/h4-5H,1-3H3/b8-4+. The van der Waals surface area contributed by atoms with Crippen LogP contribution in [0.25, 0.3) is 0 Å². The first kappa shape index (κ1) is 9.44. The SMILES string of the molecule is C/C=C(/Cl)C(C=O)=C(C)C. The molecule has 0 radical (unpaired) electrons. The summed E-state index contributed by atoms with van der Waals surface area (Å²) in [6.45, 7) is 5.51. The van der Waals surface area contributed by atoms with Gasteiger partial charge in [0, 0.05) is 10.6 Å². The normalized spacial score (nSPS) is 11.0. The van der Waals surface area contributed by atoms with Gasteiger partial charge in [-0.2, -0.15) is 0 Å². The highest BCUT2D eigenvalue weighted by Gasteiger charge is 1.99. The third-order valence-electron chi connectivity index (χ3n) is 1.17. The second-order valence-electron chi connectivity index (χ2n) is 2.17. The summed E-state index contributed by atoms with van der Waals surface area (Å²) in [5.41, 5.74) is 1.53. The van der Waals surface area contributed by atoms with E-state index >= 15 is 0 Å². The topological polar surface area (TPSA) is 17.1 Å². The van der Waals surface area contributed by atoms with Crippen LogP contribution >= 0.6 is 11.6 Å². The minimum Gasteiger partial charge on any atom is -0.298 e. The Morgan fingerprint density at radius 2 is 1.90 bits per heavy atom. The zero-order valence-corrected chi connectivity index (χ0v) is 7.20. The van der Waals surface area contributed by atoms with E-state index in [1.165, 1.54) is 0 Å². The number of hydrogen-bond donors (Lipinski definition) is 0. The maximum absolute atomic E-state index is 10.4. The van der Waals surface area contributed by atoms with Crippen LogP contribution in [0, 0.1) is 0 Å². The highest BCUT2D eigenvalue weighted by atomic mass is 35.5. The Labute approximate surface area is 66.4 Å². The van der Waals surface area contributed by atoms with Crippen molar-refractivity contribution in [2.45, 2.75) is 20.8 Å². The van der Waals surface area contributed by atoms with Crippen LogP contribution in [0.4, 0.5) is 0 Å². The monoisotopic (exact) mass is 158 g/mol. The van der Waals surface area contributed by atoms with Crippen molar-refractivity contribution in [2.75, 3.05) is 0 Å². The van der Waals surface area contributed by atoms with Crippen LogP contribution < -0.4 is 0 Å². The molecule has 2 heteroatoms. The van der Waals surface area contributed by atoms with Crippen LogP contribution in [0.2, 0.25) is 0 Å². The third kappa shape index (κ3) is 2.36. The van der Waals surface area contributed by atoms with E-state index in [9.17, 15) is 4.79 Å². The van der Waals surface area contributed by atoms with Crippen molar-refractivity contribution in [2.24, 2.45) is 0 Å². The first-order valence-electron chi connectivity index (χ1n) is 3.08. The zero-order valence-electron chi connectivity index (χ0n) is 6.44. The molecule has 0 aromatic heterocycles. The number of hydrogen-bond acceptors (Lipinski definition) is 1. The predicted molar refractivity (Wildman–Crippen MR) is 44.0 cm³/mol. The number of allylic oxidation sites excluding steroid dienone is 4. The minimum atomic E-state index is 0.523. The summed E-state index contributed by atoms with van der Waals surface area (Å²) in [4.78, 5) is 10.4. The molecule has 0 fully saturated rings. The number of carbonyl (C=O) groups excluding carboxylic acids is 1. The molecule has 0 rings (SSSR count). The fraction of sp³-hybridized carbons (Fsp3) is 0.375. The molecule has 0 heterocycles. The smallest absolute Gasteiger partial charge is 0.151 e. The molecule has 0 unspecified atom stereocenters. The van der Waals surface area contributed by atoms with Crippen LogP contribution in [-0.4, -0.2) is 6.29 Å². The first-order chi connectivity index (χ1) is 4.63. The van der Waals surface area contributed by atoms with Crippen LogP contribution in [-0.2, 0) is 4.79 Å². The molecule has 0 atom stereocenters. The molecular weight excluding hydrogens is 148 g/mol. The summed E-state index contributed by atoms with van der Waals surface area (Å²) in [5.74, 6) is 0.